The molecular formula is C15H14N2S. The molecule has 90 valence electrons. The predicted octanol–water partition coefficient (Wildman–Crippen LogP) is 4.47. The van der Waals surface area contributed by atoms with E-state index in [1.165, 1.54) is 15.6 Å². The van der Waals surface area contributed by atoms with E-state index in [1.54, 1.807) is 11.3 Å². The minimum Gasteiger partial charge on any atom is -0.377 e. The molecule has 3 heteroatoms. The van der Waals surface area contributed by atoms with Gasteiger partial charge < -0.3 is 5.32 Å². The third-order valence-corrected chi connectivity index (χ3v) is 4.08. The molecule has 18 heavy (non-hydrogen) atoms. The molecule has 1 unspecified atom stereocenters. The van der Waals surface area contributed by atoms with Crippen LogP contribution in [0.2, 0.25) is 0 Å². The van der Waals surface area contributed by atoms with E-state index in [4.69, 9.17) is 0 Å². The summed E-state index contributed by atoms with van der Waals surface area (Å²) in [7, 11) is 0. The Bertz CT molecular complexity index is 641. The van der Waals surface area contributed by atoms with Crippen LogP contribution in [0.3, 0.4) is 0 Å². The number of nitrogens with zero attached hydrogens (tertiary/aromatic N) is 1. The van der Waals surface area contributed by atoms with Gasteiger partial charge in [0.05, 0.1) is 6.04 Å². The van der Waals surface area contributed by atoms with Gasteiger partial charge in [-0.05, 0) is 30.5 Å². The molecule has 0 saturated carbocycles. The molecule has 0 aliphatic carbocycles. The van der Waals surface area contributed by atoms with Gasteiger partial charge in [0.25, 0.3) is 0 Å². The maximum Gasteiger partial charge on any atom is 0.0578 e. The Balaban J connectivity index is 1.95. The lowest BCUT2D eigenvalue weighted by Gasteiger charge is -2.15. The number of anilines is 1. The first-order chi connectivity index (χ1) is 8.84. The smallest absolute Gasteiger partial charge is 0.0578 e. The highest BCUT2D eigenvalue weighted by Crippen LogP contribution is 2.27. The van der Waals surface area contributed by atoms with Crippen LogP contribution in [0.5, 0.6) is 0 Å². The number of hydrogen-bond donors (Lipinski definition) is 1. The van der Waals surface area contributed by atoms with Crippen molar-refractivity contribution in [2.75, 3.05) is 5.32 Å². The third kappa shape index (κ3) is 2.09. The summed E-state index contributed by atoms with van der Waals surface area (Å²) in [5.41, 5.74) is 1.16. The summed E-state index contributed by atoms with van der Waals surface area (Å²) >= 11 is 1.78. The van der Waals surface area contributed by atoms with Crippen LogP contribution in [-0.2, 0) is 0 Å². The number of hydrogen-bond acceptors (Lipinski definition) is 3. The van der Waals surface area contributed by atoms with Crippen LogP contribution < -0.4 is 5.32 Å². The predicted molar refractivity (Wildman–Crippen MR) is 78.1 cm³/mol. The molecule has 3 rings (SSSR count). The number of aromatic nitrogens is 1. The fourth-order valence-electron chi connectivity index (χ4n) is 2.09. The van der Waals surface area contributed by atoms with Gasteiger partial charge in [0, 0.05) is 33.7 Å². The van der Waals surface area contributed by atoms with E-state index in [2.05, 4.69) is 59.0 Å². The zero-order valence-electron chi connectivity index (χ0n) is 10.1. The molecule has 2 nitrogen and oxygen atoms in total. The van der Waals surface area contributed by atoms with Crippen molar-refractivity contribution >= 4 is 27.8 Å². The molecule has 0 radical (unpaired) electrons. The monoisotopic (exact) mass is 254 g/mol. The first-order valence-electron chi connectivity index (χ1n) is 5.97. The normalized spacial score (nSPS) is 12.5. The van der Waals surface area contributed by atoms with Gasteiger partial charge in [0.1, 0.15) is 0 Å². The van der Waals surface area contributed by atoms with Crippen molar-refractivity contribution in [3.63, 3.8) is 0 Å². The lowest BCUT2D eigenvalue weighted by atomic mass is 10.1. The maximum absolute atomic E-state index is 4.16. The van der Waals surface area contributed by atoms with E-state index < -0.39 is 0 Å². The summed E-state index contributed by atoms with van der Waals surface area (Å²) in [6, 6.07) is 12.9. The number of thiophene rings is 1. The van der Waals surface area contributed by atoms with Crippen molar-refractivity contribution in [3.8, 4) is 0 Å². The van der Waals surface area contributed by atoms with Gasteiger partial charge in [-0.2, -0.15) is 0 Å². The van der Waals surface area contributed by atoms with E-state index in [0.717, 1.165) is 5.69 Å². The summed E-state index contributed by atoms with van der Waals surface area (Å²) in [4.78, 5) is 5.51. The van der Waals surface area contributed by atoms with Gasteiger partial charge in [-0.25, -0.2) is 0 Å². The Labute approximate surface area is 110 Å². The summed E-state index contributed by atoms with van der Waals surface area (Å²) < 4.78 is 0. The summed E-state index contributed by atoms with van der Waals surface area (Å²) in [6.07, 6.45) is 3.74. The van der Waals surface area contributed by atoms with Crippen molar-refractivity contribution in [2.24, 2.45) is 0 Å². The second kappa shape index (κ2) is 4.78. The molecule has 0 aliphatic heterocycles. The van der Waals surface area contributed by atoms with Crippen LogP contribution in [0, 0.1) is 0 Å². The molecule has 2 heterocycles. The Hall–Kier alpha value is -1.87. The van der Waals surface area contributed by atoms with Gasteiger partial charge in [-0.15, -0.1) is 11.3 Å². The summed E-state index contributed by atoms with van der Waals surface area (Å²) in [5, 5.41) is 8.07. The molecule has 0 aliphatic rings. The minimum absolute atomic E-state index is 0.323. The van der Waals surface area contributed by atoms with E-state index in [-0.39, 0.29) is 0 Å². The van der Waals surface area contributed by atoms with Crippen molar-refractivity contribution < 1.29 is 0 Å². The molecule has 0 bridgehead atoms. The molecule has 0 amide bonds. The first kappa shape index (κ1) is 11.2. The SMILES string of the molecule is CC(Nc1cccc2cnccc12)c1cccs1. The van der Waals surface area contributed by atoms with Crippen molar-refractivity contribution in [1.29, 1.82) is 0 Å². The Morgan fingerprint density at radius 2 is 2.11 bits per heavy atom. The highest BCUT2D eigenvalue weighted by atomic mass is 32.1. The number of rotatable bonds is 3. The van der Waals surface area contributed by atoms with E-state index in [0.29, 0.717) is 6.04 Å². The van der Waals surface area contributed by atoms with Crippen LogP contribution in [-0.4, -0.2) is 4.98 Å². The number of nitrogens with one attached hydrogen (secondary N) is 1. The van der Waals surface area contributed by atoms with Crippen molar-refractivity contribution in [2.45, 2.75) is 13.0 Å². The van der Waals surface area contributed by atoms with Crippen LogP contribution in [0.15, 0.2) is 54.2 Å². The molecule has 0 saturated heterocycles. The topological polar surface area (TPSA) is 24.9 Å². The van der Waals surface area contributed by atoms with Gasteiger partial charge in [-0.1, -0.05) is 18.2 Å². The number of pyridine rings is 1. The Morgan fingerprint density at radius 3 is 2.94 bits per heavy atom. The molecule has 0 fully saturated rings. The highest BCUT2D eigenvalue weighted by Gasteiger charge is 2.07. The summed E-state index contributed by atoms with van der Waals surface area (Å²) in [6.45, 7) is 2.19. The lowest BCUT2D eigenvalue weighted by molar-refractivity contribution is 0.910. The standard InChI is InChI=1S/C15H14N2S/c1-11(15-6-3-9-18-15)17-14-5-2-4-12-10-16-8-7-13(12)14/h2-11,17H,1H3. The largest absolute Gasteiger partial charge is 0.377 e. The first-order valence-corrected chi connectivity index (χ1v) is 6.85. The zero-order chi connectivity index (χ0) is 12.4. The van der Waals surface area contributed by atoms with Crippen molar-refractivity contribution in [3.05, 3.63) is 59.0 Å². The molecule has 1 N–H and O–H groups in total. The maximum atomic E-state index is 4.16. The van der Waals surface area contributed by atoms with E-state index in [1.807, 2.05) is 12.4 Å². The zero-order valence-corrected chi connectivity index (χ0v) is 10.9. The van der Waals surface area contributed by atoms with Crippen LogP contribution in [0.1, 0.15) is 17.8 Å². The second-order valence-electron chi connectivity index (χ2n) is 4.28. The molecular weight excluding hydrogens is 240 g/mol. The van der Waals surface area contributed by atoms with Gasteiger partial charge >= 0.3 is 0 Å². The minimum atomic E-state index is 0.323. The number of benzene rings is 1. The molecule has 0 spiro atoms. The molecule has 1 aromatic carbocycles. The van der Waals surface area contributed by atoms with E-state index >= 15 is 0 Å². The Morgan fingerprint density at radius 1 is 1.17 bits per heavy atom. The van der Waals surface area contributed by atoms with Gasteiger partial charge in [0.15, 0.2) is 0 Å². The van der Waals surface area contributed by atoms with Gasteiger partial charge in [0.2, 0.25) is 0 Å². The van der Waals surface area contributed by atoms with Crippen LogP contribution in [0.4, 0.5) is 5.69 Å². The Kier molecular flexibility index (Phi) is 2.99. The lowest BCUT2D eigenvalue weighted by Crippen LogP contribution is -2.05. The van der Waals surface area contributed by atoms with Crippen LogP contribution in [0.25, 0.3) is 10.8 Å². The average Bonchev–Trinajstić information content (AvgIpc) is 2.93. The summed E-state index contributed by atoms with van der Waals surface area (Å²) in [5.74, 6) is 0. The second-order valence-corrected chi connectivity index (χ2v) is 5.26. The molecule has 3 aromatic rings. The molecule has 1 atom stereocenters. The van der Waals surface area contributed by atoms with Crippen LogP contribution >= 0.6 is 11.3 Å². The highest BCUT2D eigenvalue weighted by molar-refractivity contribution is 7.10. The third-order valence-electron chi connectivity index (χ3n) is 3.02. The number of fused-ring (bicyclic) bond motifs is 1. The fourth-order valence-corrected chi connectivity index (χ4v) is 2.82. The van der Waals surface area contributed by atoms with Crippen molar-refractivity contribution in [1.82, 2.24) is 4.98 Å². The molecule has 2 aromatic heterocycles. The fraction of sp³-hybridized carbons (Fsp3) is 0.133. The van der Waals surface area contributed by atoms with E-state index in [9.17, 15) is 0 Å². The quantitative estimate of drug-likeness (QED) is 0.746. The van der Waals surface area contributed by atoms with Gasteiger partial charge in [-0.3, -0.25) is 4.98 Å². The average molecular weight is 254 g/mol.